The van der Waals surface area contributed by atoms with E-state index < -0.39 is 11.6 Å². The molecule has 0 aliphatic carbocycles. The summed E-state index contributed by atoms with van der Waals surface area (Å²) in [6.07, 6.45) is 1.11. The van der Waals surface area contributed by atoms with Crippen LogP contribution in [-0.2, 0) is 19.1 Å². The number of nitriles is 1. The molecule has 0 aromatic carbocycles. The molecule has 0 radical (unpaired) electrons. The zero-order chi connectivity index (χ0) is 14.0. The fourth-order valence-electron chi connectivity index (χ4n) is 1.50. The molecule has 0 aliphatic heterocycles. The highest BCUT2D eigenvalue weighted by atomic mass is 16.6. The van der Waals surface area contributed by atoms with E-state index in [0.29, 0.717) is 12.8 Å². The van der Waals surface area contributed by atoms with E-state index in [1.807, 2.05) is 6.07 Å². The van der Waals surface area contributed by atoms with Gasteiger partial charge in [-0.3, -0.25) is 4.79 Å². The van der Waals surface area contributed by atoms with Crippen LogP contribution in [0.1, 0.15) is 33.1 Å². The molecular weight excluding hydrogens is 236 g/mol. The summed E-state index contributed by atoms with van der Waals surface area (Å²) in [4.78, 5) is 23.1. The van der Waals surface area contributed by atoms with E-state index in [2.05, 4.69) is 10.1 Å². The molecule has 0 bridgehead atoms. The van der Waals surface area contributed by atoms with Gasteiger partial charge in [-0.2, -0.15) is 5.26 Å². The number of rotatable bonds is 8. The predicted octanol–water partition coefficient (Wildman–Crippen LogP) is 0.765. The Kier molecular flexibility index (Phi) is 7.72. The lowest BCUT2D eigenvalue weighted by molar-refractivity contribution is -0.172. The van der Waals surface area contributed by atoms with Gasteiger partial charge in [-0.15, -0.1) is 0 Å². The summed E-state index contributed by atoms with van der Waals surface area (Å²) in [6, 6.07) is 1.92. The van der Waals surface area contributed by atoms with Gasteiger partial charge in [-0.1, -0.05) is 13.8 Å². The first-order chi connectivity index (χ1) is 8.56. The summed E-state index contributed by atoms with van der Waals surface area (Å²) in [5.41, 5.74) is -1.07. The molecule has 0 fully saturated rings. The van der Waals surface area contributed by atoms with Gasteiger partial charge in [0.2, 0.25) is 5.91 Å². The lowest BCUT2D eigenvalue weighted by Gasteiger charge is -2.28. The van der Waals surface area contributed by atoms with E-state index in [1.165, 1.54) is 7.11 Å². The van der Waals surface area contributed by atoms with Gasteiger partial charge in [0.25, 0.3) is 0 Å². The Bertz CT molecular complexity index is 319. The Balaban J connectivity index is 4.32. The molecule has 0 saturated carbocycles. The largest absolute Gasteiger partial charge is 0.467 e. The number of methoxy groups -OCH3 is 1. The van der Waals surface area contributed by atoms with Crippen LogP contribution in [0.4, 0.5) is 0 Å². The Morgan fingerprint density at radius 3 is 2.39 bits per heavy atom. The number of hydrogen-bond acceptors (Lipinski definition) is 5. The maximum Gasteiger partial charge on any atom is 0.338 e. The number of amides is 1. The van der Waals surface area contributed by atoms with Gasteiger partial charge in [0.05, 0.1) is 19.6 Å². The maximum atomic E-state index is 11.6. The fraction of sp³-hybridized carbons (Fsp3) is 0.750. The van der Waals surface area contributed by atoms with Crippen LogP contribution < -0.4 is 5.32 Å². The van der Waals surface area contributed by atoms with Crippen LogP contribution in [0.5, 0.6) is 0 Å². The van der Waals surface area contributed by atoms with Crippen molar-refractivity contribution in [1.29, 1.82) is 5.26 Å². The number of ether oxygens (including phenoxy) is 2. The standard InChI is InChI=1S/C12H20N2O4/c1-4-12(5-2,11(16)17-3)18-9-10(15)14-8-6-7-13/h4-6,8-9H2,1-3H3,(H,14,15). The topological polar surface area (TPSA) is 88.4 Å². The number of hydrogen-bond donors (Lipinski definition) is 1. The fourth-order valence-corrected chi connectivity index (χ4v) is 1.50. The third-order valence-electron chi connectivity index (χ3n) is 2.74. The van der Waals surface area contributed by atoms with Crippen molar-refractivity contribution in [3.05, 3.63) is 0 Å². The summed E-state index contributed by atoms with van der Waals surface area (Å²) in [5.74, 6) is -0.822. The van der Waals surface area contributed by atoms with Crippen LogP contribution in [0.25, 0.3) is 0 Å². The second kappa shape index (κ2) is 8.48. The normalized spacial score (nSPS) is 10.6. The molecule has 6 heteroatoms. The van der Waals surface area contributed by atoms with Crippen LogP contribution in [0, 0.1) is 11.3 Å². The third kappa shape index (κ3) is 4.72. The summed E-state index contributed by atoms with van der Waals surface area (Å²) < 4.78 is 10.1. The molecule has 0 unspecified atom stereocenters. The molecule has 6 nitrogen and oxygen atoms in total. The minimum atomic E-state index is -1.07. The van der Waals surface area contributed by atoms with Crippen molar-refractivity contribution in [2.45, 2.75) is 38.7 Å². The SMILES string of the molecule is CCC(CC)(OCC(=O)NCCC#N)C(=O)OC. The number of esters is 1. The van der Waals surface area contributed by atoms with Crippen LogP contribution in [0.3, 0.4) is 0 Å². The number of carbonyl (C=O) groups excluding carboxylic acids is 2. The van der Waals surface area contributed by atoms with E-state index >= 15 is 0 Å². The molecule has 102 valence electrons. The first-order valence-electron chi connectivity index (χ1n) is 5.92. The summed E-state index contributed by atoms with van der Waals surface area (Å²) >= 11 is 0. The van der Waals surface area contributed by atoms with Crippen molar-refractivity contribution in [2.24, 2.45) is 0 Å². The van der Waals surface area contributed by atoms with Gasteiger partial charge in [0.15, 0.2) is 5.60 Å². The minimum Gasteiger partial charge on any atom is -0.467 e. The summed E-state index contributed by atoms with van der Waals surface area (Å²) in [5, 5.41) is 10.8. The van der Waals surface area contributed by atoms with Gasteiger partial charge in [-0.05, 0) is 12.8 Å². The van der Waals surface area contributed by atoms with Crippen LogP contribution in [0.2, 0.25) is 0 Å². The van der Waals surface area contributed by atoms with Crippen LogP contribution in [0.15, 0.2) is 0 Å². The molecule has 0 aromatic heterocycles. The summed E-state index contributed by atoms with van der Waals surface area (Å²) in [7, 11) is 1.29. The first kappa shape index (κ1) is 16.4. The molecule has 0 atom stereocenters. The average Bonchev–Trinajstić information content (AvgIpc) is 2.40. The lowest BCUT2D eigenvalue weighted by atomic mass is 9.97. The van der Waals surface area contributed by atoms with Crippen molar-refractivity contribution < 1.29 is 19.1 Å². The Labute approximate surface area is 107 Å². The zero-order valence-corrected chi connectivity index (χ0v) is 11.1. The Morgan fingerprint density at radius 2 is 1.94 bits per heavy atom. The maximum absolute atomic E-state index is 11.6. The molecule has 0 spiro atoms. The van der Waals surface area contributed by atoms with Crippen molar-refractivity contribution in [2.75, 3.05) is 20.3 Å². The highest BCUT2D eigenvalue weighted by Gasteiger charge is 2.37. The molecular formula is C12H20N2O4. The van der Waals surface area contributed by atoms with E-state index in [-0.39, 0.29) is 25.5 Å². The van der Waals surface area contributed by atoms with Crippen LogP contribution >= 0.6 is 0 Å². The Hall–Kier alpha value is -1.61. The second-order valence-corrected chi connectivity index (χ2v) is 3.74. The van der Waals surface area contributed by atoms with Gasteiger partial charge in [0.1, 0.15) is 6.61 Å². The summed E-state index contributed by atoms with van der Waals surface area (Å²) in [6.45, 7) is 3.66. The number of carbonyl (C=O) groups is 2. The van der Waals surface area contributed by atoms with Crippen molar-refractivity contribution in [3.8, 4) is 6.07 Å². The van der Waals surface area contributed by atoms with Crippen LogP contribution in [-0.4, -0.2) is 37.7 Å². The van der Waals surface area contributed by atoms with E-state index in [4.69, 9.17) is 10.00 Å². The minimum absolute atomic E-state index is 0.220. The monoisotopic (exact) mass is 256 g/mol. The van der Waals surface area contributed by atoms with E-state index in [1.54, 1.807) is 13.8 Å². The first-order valence-corrected chi connectivity index (χ1v) is 5.92. The molecule has 18 heavy (non-hydrogen) atoms. The molecule has 0 rings (SSSR count). The molecule has 1 N–H and O–H groups in total. The van der Waals surface area contributed by atoms with Crippen molar-refractivity contribution in [1.82, 2.24) is 5.32 Å². The third-order valence-corrected chi connectivity index (χ3v) is 2.74. The lowest BCUT2D eigenvalue weighted by Crippen LogP contribution is -2.44. The van der Waals surface area contributed by atoms with E-state index in [9.17, 15) is 9.59 Å². The van der Waals surface area contributed by atoms with Crippen molar-refractivity contribution >= 4 is 11.9 Å². The van der Waals surface area contributed by atoms with E-state index in [0.717, 1.165) is 0 Å². The predicted molar refractivity (Wildman–Crippen MR) is 64.5 cm³/mol. The van der Waals surface area contributed by atoms with Crippen molar-refractivity contribution in [3.63, 3.8) is 0 Å². The Morgan fingerprint density at radius 1 is 1.33 bits per heavy atom. The quantitative estimate of drug-likeness (QED) is 0.511. The zero-order valence-electron chi connectivity index (χ0n) is 11.1. The molecule has 0 aliphatic rings. The van der Waals surface area contributed by atoms with Gasteiger partial charge in [-0.25, -0.2) is 4.79 Å². The molecule has 0 heterocycles. The van der Waals surface area contributed by atoms with Gasteiger partial charge < -0.3 is 14.8 Å². The second-order valence-electron chi connectivity index (χ2n) is 3.74. The molecule has 1 amide bonds. The highest BCUT2D eigenvalue weighted by molar-refractivity contribution is 5.81. The van der Waals surface area contributed by atoms with Gasteiger partial charge in [0, 0.05) is 6.54 Å². The highest BCUT2D eigenvalue weighted by Crippen LogP contribution is 2.22. The average molecular weight is 256 g/mol. The smallest absolute Gasteiger partial charge is 0.338 e. The molecule has 0 saturated heterocycles. The number of nitrogens with one attached hydrogen (secondary N) is 1. The van der Waals surface area contributed by atoms with Gasteiger partial charge >= 0.3 is 5.97 Å². The molecule has 0 aromatic rings. The number of nitrogens with zero attached hydrogens (tertiary/aromatic N) is 1.